The van der Waals surface area contributed by atoms with Crippen LogP contribution in [0.5, 0.6) is 0 Å². The standard InChI is InChI=1S/C17H25N6O/c1-16(2)10-13(11-17(3,4)23(16)24)22(5)15(20-12-18)21-14-8-6-7-9-19-14/h6-9,13,24H,5,10-11H2,1-4H3,(H,19,20,21)/q+1. The summed E-state index contributed by atoms with van der Waals surface area (Å²) in [5, 5.41) is 23.5. The van der Waals surface area contributed by atoms with Crippen LogP contribution in [0.3, 0.4) is 0 Å². The number of nitrogens with one attached hydrogen (secondary N) is 1. The Balaban J connectivity index is 2.31. The molecule has 2 heterocycles. The fourth-order valence-electron chi connectivity index (χ4n) is 3.35. The van der Waals surface area contributed by atoms with Crippen LogP contribution >= 0.6 is 0 Å². The third-order valence-corrected chi connectivity index (χ3v) is 4.37. The number of aliphatic imine (C=N–C) groups is 1. The summed E-state index contributed by atoms with van der Waals surface area (Å²) in [7, 11) is 0. The largest absolute Gasteiger partial charge is 0.407 e. The van der Waals surface area contributed by atoms with E-state index in [4.69, 9.17) is 5.26 Å². The molecule has 7 nitrogen and oxygen atoms in total. The SMILES string of the molecule is C=[N+](C(=Nc1ccccn1)NC#N)C1CC(C)(C)N(O)C(C)(C)C1. The lowest BCUT2D eigenvalue weighted by Crippen LogP contribution is -2.62. The highest BCUT2D eigenvalue weighted by Crippen LogP contribution is 2.37. The van der Waals surface area contributed by atoms with Gasteiger partial charge in [0.15, 0.2) is 0 Å². The van der Waals surface area contributed by atoms with Gasteiger partial charge in [-0.25, -0.2) is 9.56 Å². The molecule has 2 rings (SSSR count). The summed E-state index contributed by atoms with van der Waals surface area (Å²) in [5.74, 6) is 0.848. The van der Waals surface area contributed by atoms with Crippen molar-refractivity contribution >= 4 is 18.5 Å². The number of nitrogens with zero attached hydrogens (tertiary/aromatic N) is 5. The lowest BCUT2D eigenvalue weighted by Gasteiger charge is -2.51. The Morgan fingerprint density at radius 2 is 2.04 bits per heavy atom. The Hall–Kier alpha value is -2.30. The van der Waals surface area contributed by atoms with E-state index in [1.165, 1.54) is 5.06 Å². The van der Waals surface area contributed by atoms with Crippen LogP contribution < -0.4 is 5.32 Å². The molecular formula is C17H25N6O+. The van der Waals surface area contributed by atoms with Crippen molar-refractivity contribution in [2.75, 3.05) is 0 Å². The molecule has 0 aromatic carbocycles. The van der Waals surface area contributed by atoms with E-state index >= 15 is 0 Å². The maximum atomic E-state index is 10.4. The van der Waals surface area contributed by atoms with Gasteiger partial charge in [-0.3, -0.25) is 0 Å². The Kier molecular flexibility index (Phi) is 5.02. The average molecular weight is 329 g/mol. The summed E-state index contributed by atoms with van der Waals surface area (Å²) in [4.78, 5) is 8.56. The van der Waals surface area contributed by atoms with Crippen molar-refractivity contribution < 1.29 is 9.78 Å². The van der Waals surface area contributed by atoms with Gasteiger partial charge in [-0.15, -0.1) is 0 Å². The molecule has 2 N–H and O–H groups in total. The van der Waals surface area contributed by atoms with Crippen molar-refractivity contribution in [2.24, 2.45) is 4.99 Å². The first-order chi connectivity index (χ1) is 11.2. The molecule has 0 spiro atoms. The molecule has 0 bridgehead atoms. The summed E-state index contributed by atoms with van der Waals surface area (Å²) in [6, 6.07) is 5.42. The highest BCUT2D eigenvalue weighted by atomic mass is 16.5. The number of hydrogen-bond donors (Lipinski definition) is 2. The van der Waals surface area contributed by atoms with Crippen LogP contribution in [0.4, 0.5) is 5.82 Å². The molecule has 1 saturated heterocycles. The number of nitriles is 1. The topological polar surface area (TPSA) is 87.5 Å². The van der Waals surface area contributed by atoms with Crippen LogP contribution in [0.25, 0.3) is 0 Å². The maximum Gasteiger partial charge on any atom is 0.407 e. The molecule has 1 aliphatic rings. The second-order valence-corrected chi connectivity index (χ2v) is 7.33. The van der Waals surface area contributed by atoms with Gasteiger partial charge in [-0.05, 0) is 33.8 Å². The molecular weight excluding hydrogens is 304 g/mol. The number of hydrogen-bond acceptors (Lipinski definition) is 5. The van der Waals surface area contributed by atoms with E-state index in [1.54, 1.807) is 22.9 Å². The predicted octanol–water partition coefficient (Wildman–Crippen LogP) is 2.26. The Morgan fingerprint density at radius 1 is 1.42 bits per heavy atom. The molecule has 1 aliphatic heterocycles. The third kappa shape index (κ3) is 3.78. The lowest BCUT2D eigenvalue weighted by molar-refractivity contribution is -0.473. The Bertz CT molecular complexity index is 656. The molecule has 1 aromatic rings. The zero-order valence-corrected chi connectivity index (χ0v) is 14.7. The van der Waals surface area contributed by atoms with Crippen molar-refractivity contribution in [3.05, 3.63) is 24.4 Å². The molecule has 0 unspecified atom stereocenters. The van der Waals surface area contributed by atoms with Crippen molar-refractivity contribution in [3.63, 3.8) is 0 Å². The molecule has 0 radical (unpaired) electrons. The van der Waals surface area contributed by atoms with Gasteiger partial charge in [0.05, 0.1) is 6.04 Å². The monoisotopic (exact) mass is 329 g/mol. The third-order valence-electron chi connectivity index (χ3n) is 4.37. The van der Waals surface area contributed by atoms with E-state index in [0.717, 1.165) is 0 Å². The molecule has 0 aliphatic carbocycles. The van der Waals surface area contributed by atoms with Crippen molar-refractivity contribution in [2.45, 2.75) is 57.7 Å². The number of aromatic nitrogens is 1. The van der Waals surface area contributed by atoms with Gasteiger partial charge in [-0.2, -0.15) is 15.6 Å². The van der Waals surface area contributed by atoms with E-state index in [1.807, 2.05) is 40.0 Å². The fraction of sp³-hybridized carbons (Fsp3) is 0.529. The number of piperidine rings is 1. The zero-order valence-electron chi connectivity index (χ0n) is 14.7. The number of rotatable bonds is 2. The zero-order chi connectivity index (χ0) is 18.0. The number of guanidine groups is 1. The fourth-order valence-corrected chi connectivity index (χ4v) is 3.35. The molecule has 128 valence electrons. The van der Waals surface area contributed by atoms with E-state index < -0.39 is 11.1 Å². The van der Waals surface area contributed by atoms with Gasteiger partial charge in [0.2, 0.25) is 5.82 Å². The van der Waals surface area contributed by atoms with Crippen molar-refractivity contribution in [1.29, 1.82) is 5.26 Å². The highest BCUT2D eigenvalue weighted by Gasteiger charge is 2.47. The van der Waals surface area contributed by atoms with Crippen LogP contribution in [-0.2, 0) is 0 Å². The lowest BCUT2D eigenvalue weighted by atomic mass is 9.79. The Morgan fingerprint density at radius 3 is 2.54 bits per heavy atom. The highest BCUT2D eigenvalue weighted by molar-refractivity contribution is 5.77. The Labute approximate surface area is 142 Å². The maximum absolute atomic E-state index is 10.4. The second kappa shape index (κ2) is 6.67. The number of hydroxylamine groups is 2. The first kappa shape index (κ1) is 18.0. The molecule has 1 aromatic heterocycles. The van der Waals surface area contributed by atoms with Gasteiger partial charge in [0.25, 0.3) is 6.19 Å². The van der Waals surface area contributed by atoms with Gasteiger partial charge in [0, 0.05) is 42.9 Å². The van der Waals surface area contributed by atoms with E-state index in [-0.39, 0.29) is 6.04 Å². The van der Waals surface area contributed by atoms with Gasteiger partial charge in [0.1, 0.15) is 0 Å². The molecule has 24 heavy (non-hydrogen) atoms. The number of pyridine rings is 1. The summed E-state index contributed by atoms with van der Waals surface area (Å²) >= 11 is 0. The predicted molar refractivity (Wildman–Crippen MR) is 92.3 cm³/mol. The van der Waals surface area contributed by atoms with Crippen LogP contribution in [-0.4, -0.2) is 49.6 Å². The van der Waals surface area contributed by atoms with E-state index in [9.17, 15) is 5.21 Å². The average Bonchev–Trinajstić information content (AvgIpc) is 2.52. The smallest absolute Gasteiger partial charge is 0.313 e. The molecule has 1 fully saturated rings. The van der Waals surface area contributed by atoms with E-state index in [0.29, 0.717) is 24.6 Å². The first-order valence-corrected chi connectivity index (χ1v) is 7.91. The van der Waals surface area contributed by atoms with Crippen molar-refractivity contribution in [1.82, 2.24) is 15.4 Å². The second-order valence-electron chi connectivity index (χ2n) is 7.33. The molecule has 0 atom stereocenters. The quantitative estimate of drug-likeness (QED) is 0.286. The minimum atomic E-state index is -0.412. The first-order valence-electron chi connectivity index (χ1n) is 7.91. The molecule has 7 heteroatoms. The van der Waals surface area contributed by atoms with E-state index in [2.05, 4.69) is 22.0 Å². The van der Waals surface area contributed by atoms with Gasteiger partial charge < -0.3 is 5.21 Å². The normalized spacial score (nSPS) is 21.1. The van der Waals surface area contributed by atoms with Crippen LogP contribution in [0.1, 0.15) is 40.5 Å². The summed E-state index contributed by atoms with van der Waals surface area (Å²) in [6.07, 6.45) is 4.92. The van der Waals surface area contributed by atoms with Gasteiger partial charge >= 0.3 is 5.96 Å². The van der Waals surface area contributed by atoms with Crippen LogP contribution in [0.15, 0.2) is 29.4 Å². The van der Waals surface area contributed by atoms with Gasteiger partial charge in [-0.1, -0.05) is 11.1 Å². The summed E-state index contributed by atoms with van der Waals surface area (Å²) in [5.41, 5.74) is -0.823. The summed E-state index contributed by atoms with van der Waals surface area (Å²) < 4.78 is 1.72. The minimum Gasteiger partial charge on any atom is -0.313 e. The molecule has 0 amide bonds. The molecule has 0 saturated carbocycles. The summed E-state index contributed by atoms with van der Waals surface area (Å²) in [6.45, 7) is 12.0. The van der Waals surface area contributed by atoms with Crippen LogP contribution in [0, 0.1) is 11.5 Å². The minimum absolute atomic E-state index is 0.0155. The van der Waals surface area contributed by atoms with Crippen molar-refractivity contribution in [3.8, 4) is 6.19 Å². The van der Waals surface area contributed by atoms with Crippen LogP contribution in [0.2, 0.25) is 0 Å².